The maximum absolute atomic E-state index is 5.59. The highest BCUT2D eigenvalue weighted by Crippen LogP contribution is 2.20. The summed E-state index contributed by atoms with van der Waals surface area (Å²) in [5.74, 6) is 0.741. The molecule has 1 heterocycles. The normalized spacial score (nSPS) is 10.2. The van der Waals surface area contributed by atoms with E-state index < -0.39 is 0 Å². The molecule has 0 saturated carbocycles. The summed E-state index contributed by atoms with van der Waals surface area (Å²) in [6.07, 6.45) is 3.60. The summed E-state index contributed by atoms with van der Waals surface area (Å²) in [5, 5.41) is 0. The van der Waals surface area contributed by atoms with Crippen molar-refractivity contribution in [2.75, 3.05) is 5.73 Å². The lowest BCUT2D eigenvalue weighted by atomic mass is 10.3. The van der Waals surface area contributed by atoms with Gasteiger partial charge < -0.3 is 15.0 Å². The number of aromatic nitrogens is 2. The van der Waals surface area contributed by atoms with Crippen molar-refractivity contribution in [2.45, 2.75) is 13.5 Å². The van der Waals surface area contributed by atoms with Gasteiger partial charge in [0.15, 0.2) is 0 Å². The van der Waals surface area contributed by atoms with Crippen LogP contribution in [0.15, 0.2) is 36.7 Å². The molecular weight excluding hydrogens is 190 g/mol. The van der Waals surface area contributed by atoms with Gasteiger partial charge in [-0.3, -0.25) is 0 Å². The lowest BCUT2D eigenvalue weighted by Crippen LogP contribution is -1.97. The van der Waals surface area contributed by atoms with Crippen molar-refractivity contribution >= 4 is 5.69 Å². The third-order valence-electron chi connectivity index (χ3n) is 2.11. The van der Waals surface area contributed by atoms with Crippen LogP contribution < -0.4 is 10.5 Å². The Morgan fingerprint density at radius 3 is 2.73 bits per heavy atom. The summed E-state index contributed by atoms with van der Waals surface area (Å²) in [7, 11) is 0. The third-order valence-corrected chi connectivity index (χ3v) is 2.11. The van der Waals surface area contributed by atoms with Crippen molar-refractivity contribution in [1.82, 2.24) is 9.55 Å². The summed E-state index contributed by atoms with van der Waals surface area (Å²) >= 11 is 0. The van der Waals surface area contributed by atoms with Crippen molar-refractivity contribution in [1.29, 1.82) is 0 Å². The third kappa shape index (κ3) is 2.10. The Morgan fingerprint density at radius 2 is 2.07 bits per heavy atom. The van der Waals surface area contributed by atoms with Crippen molar-refractivity contribution in [3.8, 4) is 11.8 Å². The number of nitrogens with two attached hydrogens (primary N) is 1. The molecule has 2 N–H and O–H groups in total. The van der Waals surface area contributed by atoms with Crippen LogP contribution in [0.4, 0.5) is 5.69 Å². The van der Waals surface area contributed by atoms with Crippen LogP contribution in [0.25, 0.3) is 0 Å². The first-order valence-electron chi connectivity index (χ1n) is 4.84. The van der Waals surface area contributed by atoms with Crippen LogP contribution in [0.2, 0.25) is 0 Å². The van der Waals surface area contributed by atoms with E-state index in [-0.39, 0.29) is 0 Å². The zero-order valence-corrected chi connectivity index (χ0v) is 8.55. The molecule has 1 aromatic heterocycles. The van der Waals surface area contributed by atoms with Crippen molar-refractivity contribution in [3.63, 3.8) is 0 Å². The lowest BCUT2D eigenvalue weighted by molar-refractivity contribution is 0.415. The van der Waals surface area contributed by atoms with E-state index in [1.807, 2.05) is 29.8 Å². The number of aryl methyl sites for hydroxylation is 1. The van der Waals surface area contributed by atoms with Gasteiger partial charge in [0.2, 0.25) is 0 Å². The van der Waals surface area contributed by atoms with Crippen LogP contribution in [0.3, 0.4) is 0 Å². The second-order valence-corrected chi connectivity index (χ2v) is 3.17. The zero-order chi connectivity index (χ0) is 10.7. The van der Waals surface area contributed by atoms with Crippen LogP contribution in [0.1, 0.15) is 6.92 Å². The molecule has 0 unspecified atom stereocenters. The summed E-state index contributed by atoms with van der Waals surface area (Å²) in [4.78, 5) is 4.11. The van der Waals surface area contributed by atoms with Crippen LogP contribution in [-0.2, 0) is 6.54 Å². The Morgan fingerprint density at radius 1 is 1.33 bits per heavy atom. The van der Waals surface area contributed by atoms with Crippen LogP contribution in [-0.4, -0.2) is 9.55 Å². The number of benzene rings is 1. The number of imidazole rings is 1. The highest BCUT2D eigenvalue weighted by molar-refractivity contribution is 5.42. The molecule has 0 saturated heterocycles. The summed E-state index contributed by atoms with van der Waals surface area (Å²) in [6.45, 7) is 2.88. The van der Waals surface area contributed by atoms with Crippen molar-refractivity contribution < 1.29 is 4.74 Å². The Labute approximate surface area is 88.3 Å². The number of hydrogen-bond acceptors (Lipinski definition) is 3. The second kappa shape index (κ2) is 4.04. The number of nitrogens with zero attached hydrogens (tertiary/aromatic N) is 2. The van der Waals surface area contributed by atoms with Crippen LogP contribution in [0.5, 0.6) is 11.8 Å². The molecule has 0 radical (unpaired) electrons. The fraction of sp³-hybridized carbons (Fsp3) is 0.182. The van der Waals surface area contributed by atoms with E-state index in [2.05, 4.69) is 4.98 Å². The molecule has 0 aliphatic carbocycles. The summed E-state index contributed by atoms with van der Waals surface area (Å²) in [5.41, 5.74) is 6.30. The van der Waals surface area contributed by atoms with E-state index in [1.165, 1.54) is 0 Å². The minimum Gasteiger partial charge on any atom is -0.426 e. The number of rotatable bonds is 3. The van der Waals surface area contributed by atoms with Gasteiger partial charge in [-0.05, 0) is 31.2 Å². The topological polar surface area (TPSA) is 53.1 Å². The van der Waals surface area contributed by atoms with Crippen LogP contribution in [0, 0.1) is 0 Å². The van der Waals surface area contributed by atoms with E-state index in [0.717, 1.165) is 18.0 Å². The van der Waals surface area contributed by atoms with E-state index in [4.69, 9.17) is 10.5 Å². The first-order chi connectivity index (χ1) is 7.29. The molecular formula is C11H13N3O. The number of hydrogen-bond donors (Lipinski definition) is 1. The maximum Gasteiger partial charge on any atom is 0.301 e. The molecule has 0 spiro atoms. The molecule has 15 heavy (non-hydrogen) atoms. The Balaban J connectivity index is 2.18. The molecule has 4 heteroatoms. The number of anilines is 1. The molecule has 0 fully saturated rings. The van der Waals surface area contributed by atoms with Crippen molar-refractivity contribution in [2.24, 2.45) is 0 Å². The largest absolute Gasteiger partial charge is 0.426 e. The van der Waals surface area contributed by atoms with Gasteiger partial charge in [0.1, 0.15) is 5.75 Å². The van der Waals surface area contributed by atoms with Crippen LogP contribution >= 0.6 is 0 Å². The number of ether oxygens (including phenoxy) is 1. The van der Waals surface area contributed by atoms with Gasteiger partial charge in [-0.1, -0.05) is 0 Å². The number of nitrogen functional groups attached to an aromatic ring is 1. The smallest absolute Gasteiger partial charge is 0.301 e. The highest BCUT2D eigenvalue weighted by Gasteiger charge is 2.02. The molecule has 4 nitrogen and oxygen atoms in total. The molecule has 2 rings (SSSR count). The van der Waals surface area contributed by atoms with E-state index in [0.29, 0.717) is 6.01 Å². The zero-order valence-electron chi connectivity index (χ0n) is 8.55. The van der Waals surface area contributed by atoms with Crippen molar-refractivity contribution in [3.05, 3.63) is 36.7 Å². The van der Waals surface area contributed by atoms with E-state index in [1.54, 1.807) is 18.3 Å². The van der Waals surface area contributed by atoms with Gasteiger partial charge in [0.25, 0.3) is 0 Å². The Kier molecular flexibility index (Phi) is 2.58. The predicted molar refractivity (Wildman–Crippen MR) is 58.8 cm³/mol. The molecule has 0 aliphatic heterocycles. The molecule has 2 aromatic rings. The molecule has 0 amide bonds. The maximum atomic E-state index is 5.59. The van der Waals surface area contributed by atoms with Gasteiger partial charge in [-0.25, -0.2) is 4.98 Å². The first kappa shape index (κ1) is 9.58. The molecule has 0 bridgehead atoms. The molecule has 0 atom stereocenters. The fourth-order valence-electron chi connectivity index (χ4n) is 1.28. The standard InChI is InChI=1S/C11H13N3O/c1-2-14-8-7-13-11(14)15-10-5-3-9(12)4-6-10/h3-8H,2,12H2,1H3. The summed E-state index contributed by atoms with van der Waals surface area (Å²) < 4.78 is 7.52. The Bertz CT molecular complexity index is 433. The summed E-state index contributed by atoms with van der Waals surface area (Å²) in [6, 6.07) is 7.85. The molecule has 78 valence electrons. The quantitative estimate of drug-likeness (QED) is 0.778. The molecule has 1 aromatic carbocycles. The van der Waals surface area contributed by atoms with Gasteiger partial charge in [-0.15, -0.1) is 0 Å². The molecule has 0 aliphatic rings. The first-order valence-corrected chi connectivity index (χ1v) is 4.84. The highest BCUT2D eigenvalue weighted by atomic mass is 16.5. The minimum atomic E-state index is 0.599. The lowest BCUT2D eigenvalue weighted by Gasteiger charge is -2.06. The predicted octanol–water partition coefficient (Wildman–Crippen LogP) is 2.28. The average Bonchev–Trinajstić information content (AvgIpc) is 2.69. The van der Waals surface area contributed by atoms with E-state index >= 15 is 0 Å². The van der Waals surface area contributed by atoms with E-state index in [9.17, 15) is 0 Å². The van der Waals surface area contributed by atoms with Gasteiger partial charge in [0, 0.05) is 24.6 Å². The monoisotopic (exact) mass is 203 g/mol. The minimum absolute atomic E-state index is 0.599. The average molecular weight is 203 g/mol. The SMILES string of the molecule is CCn1ccnc1Oc1ccc(N)cc1. The fourth-order valence-corrected chi connectivity index (χ4v) is 1.28. The van der Waals surface area contributed by atoms with Gasteiger partial charge >= 0.3 is 6.01 Å². The second-order valence-electron chi connectivity index (χ2n) is 3.17. The Hall–Kier alpha value is -1.97. The van der Waals surface area contributed by atoms with Gasteiger partial charge in [-0.2, -0.15) is 0 Å². The van der Waals surface area contributed by atoms with Gasteiger partial charge in [0.05, 0.1) is 0 Å².